The molecule has 2 N–H and O–H groups in total. The molecule has 0 aliphatic rings. The molecule has 160 valence electrons. The number of pyridine rings is 1. The van der Waals surface area contributed by atoms with Crippen LogP contribution in [0.4, 0.5) is 0 Å². The van der Waals surface area contributed by atoms with E-state index in [9.17, 15) is 0 Å². The van der Waals surface area contributed by atoms with Crippen LogP contribution in [0.5, 0.6) is 5.88 Å². The van der Waals surface area contributed by atoms with Crippen molar-refractivity contribution in [3.63, 3.8) is 0 Å². The van der Waals surface area contributed by atoms with Gasteiger partial charge in [0.15, 0.2) is 11.7 Å². The maximum Gasteiger partial charge on any atom is 0.218 e. The molecule has 0 atom stereocenters. The number of guanidine groups is 1. The Kier molecular flexibility index (Phi) is 9.59. The van der Waals surface area contributed by atoms with Crippen LogP contribution in [0, 0.1) is 0 Å². The highest BCUT2D eigenvalue weighted by atomic mass is 127. The van der Waals surface area contributed by atoms with Crippen LogP contribution in [0.1, 0.15) is 42.3 Å². The zero-order chi connectivity index (χ0) is 20.5. The number of ether oxygens (including phenoxy) is 1. The second kappa shape index (κ2) is 12.2. The molecule has 1 aromatic carbocycles. The number of hydrogen-bond donors (Lipinski definition) is 2. The van der Waals surface area contributed by atoms with Crippen LogP contribution in [0.2, 0.25) is 0 Å². The van der Waals surface area contributed by atoms with Gasteiger partial charge in [-0.1, -0.05) is 55.4 Å². The maximum absolute atomic E-state index is 5.91. The molecule has 0 saturated carbocycles. The van der Waals surface area contributed by atoms with E-state index in [0.29, 0.717) is 37.5 Å². The Morgan fingerprint density at radius 2 is 1.87 bits per heavy atom. The minimum absolute atomic E-state index is 0. The van der Waals surface area contributed by atoms with Gasteiger partial charge in [-0.05, 0) is 17.5 Å². The third-order valence-corrected chi connectivity index (χ3v) is 4.34. The van der Waals surface area contributed by atoms with E-state index in [2.05, 4.69) is 39.6 Å². The van der Waals surface area contributed by atoms with Gasteiger partial charge in [-0.15, -0.1) is 24.0 Å². The van der Waals surface area contributed by atoms with Gasteiger partial charge in [-0.2, -0.15) is 0 Å². The van der Waals surface area contributed by atoms with Crippen LogP contribution in [0.3, 0.4) is 0 Å². The topological polar surface area (TPSA) is 84.6 Å². The largest absolute Gasteiger partial charge is 0.473 e. The lowest BCUT2D eigenvalue weighted by Gasteiger charge is -2.13. The molecule has 2 heterocycles. The summed E-state index contributed by atoms with van der Waals surface area (Å²) in [6, 6.07) is 15.9. The Hall–Kier alpha value is -2.62. The molecular weight excluding hydrogens is 493 g/mol. The summed E-state index contributed by atoms with van der Waals surface area (Å²) in [5.41, 5.74) is 3.00. The van der Waals surface area contributed by atoms with Crippen LogP contribution >= 0.6 is 24.0 Å². The van der Waals surface area contributed by atoms with Crippen LogP contribution in [0.15, 0.2) is 64.2 Å². The van der Waals surface area contributed by atoms with Crippen LogP contribution in [-0.2, 0) is 19.7 Å². The Labute approximate surface area is 194 Å². The second-order valence-corrected chi connectivity index (χ2v) is 6.89. The van der Waals surface area contributed by atoms with Crippen LogP contribution < -0.4 is 15.4 Å². The van der Waals surface area contributed by atoms with E-state index in [1.165, 1.54) is 0 Å². The van der Waals surface area contributed by atoms with Crippen molar-refractivity contribution >= 4 is 29.9 Å². The lowest BCUT2D eigenvalue weighted by atomic mass is 10.1. The van der Waals surface area contributed by atoms with E-state index in [-0.39, 0.29) is 24.0 Å². The summed E-state index contributed by atoms with van der Waals surface area (Å²) < 4.78 is 11.3. The molecule has 3 rings (SSSR count). The van der Waals surface area contributed by atoms with E-state index in [4.69, 9.17) is 9.26 Å². The summed E-state index contributed by atoms with van der Waals surface area (Å²) in [7, 11) is 1.73. The van der Waals surface area contributed by atoms with Gasteiger partial charge in [-0.25, -0.2) is 4.98 Å². The molecular formula is C22H28IN5O2. The van der Waals surface area contributed by atoms with Crippen molar-refractivity contribution in [2.75, 3.05) is 7.05 Å². The molecule has 0 saturated heterocycles. The minimum atomic E-state index is 0. The standard InChI is InChI=1S/C22H27N5O2.HI/c1-16(2)20-12-19(29-27-20)14-26-22(23-3)25-13-18-10-7-11-24-21(18)28-15-17-8-5-4-6-9-17;/h4-12,16H,13-15H2,1-3H3,(H2,23,25,26);1H. The number of nitrogens with one attached hydrogen (secondary N) is 2. The summed E-state index contributed by atoms with van der Waals surface area (Å²) in [5.74, 6) is 2.37. The van der Waals surface area contributed by atoms with E-state index < -0.39 is 0 Å². The first-order valence-electron chi connectivity index (χ1n) is 9.66. The highest BCUT2D eigenvalue weighted by molar-refractivity contribution is 14.0. The molecule has 0 unspecified atom stereocenters. The third-order valence-electron chi connectivity index (χ3n) is 4.34. The number of hydrogen-bond acceptors (Lipinski definition) is 5. The Bertz CT molecular complexity index is 928. The molecule has 8 heteroatoms. The first-order chi connectivity index (χ1) is 14.2. The molecule has 2 aromatic heterocycles. The van der Waals surface area contributed by atoms with Gasteiger partial charge in [0.05, 0.1) is 12.2 Å². The predicted molar refractivity (Wildman–Crippen MR) is 128 cm³/mol. The second-order valence-electron chi connectivity index (χ2n) is 6.89. The van der Waals surface area contributed by atoms with Gasteiger partial charge >= 0.3 is 0 Å². The van der Waals surface area contributed by atoms with Crippen molar-refractivity contribution in [2.45, 2.75) is 39.5 Å². The predicted octanol–water partition coefficient (Wildman–Crippen LogP) is 4.26. The Balaban J connectivity index is 0.00000320. The van der Waals surface area contributed by atoms with Crippen LogP contribution in [0.25, 0.3) is 0 Å². The fourth-order valence-corrected chi connectivity index (χ4v) is 2.67. The number of nitrogens with zero attached hydrogens (tertiary/aromatic N) is 3. The van der Waals surface area contributed by atoms with E-state index in [1.807, 2.05) is 48.5 Å². The van der Waals surface area contributed by atoms with Crippen molar-refractivity contribution < 1.29 is 9.26 Å². The smallest absolute Gasteiger partial charge is 0.218 e. The minimum Gasteiger partial charge on any atom is -0.473 e. The normalized spacial score (nSPS) is 11.1. The SMILES string of the molecule is CN=C(NCc1cc(C(C)C)no1)NCc1cccnc1OCc1ccccc1.I. The molecule has 7 nitrogen and oxygen atoms in total. The quantitative estimate of drug-likeness (QED) is 0.262. The monoisotopic (exact) mass is 521 g/mol. The Morgan fingerprint density at radius 3 is 2.57 bits per heavy atom. The summed E-state index contributed by atoms with van der Waals surface area (Å²) in [5, 5.41) is 10.6. The highest BCUT2D eigenvalue weighted by Gasteiger charge is 2.09. The maximum atomic E-state index is 5.91. The number of rotatable bonds is 8. The van der Waals surface area contributed by atoms with Crippen molar-refractivity contribution in [3.05, 3.63) is 77.3 Å². The zero-order valence-corrected chi connectivity index (χ0v) is 19.8. The molecule has 0 fully saturated rings. The van der Waals surface area contributed by atoms with Gasteiger partial charge in [0, 0.05) is 31.4 Å². The molecule has 30 heavy (non-hydrogen) atoms. The Morgan fingerprint density at radius 1 is 1.10 bits per heavy atom. The zero-order valence-electron chi connectivity index (χ0n) is 17.5. The lowest BCUT2D eigenvalue weighted by molar-refractivity contribution is 0.290. The van der Waals surface area contributed by atoms with Gasteiger partial charge in [0.25, 0.3) is 0 Å². The van der Waals surface area contributed by atoms with E-state index >= 15 is 0 Å². The lowest BCUT2D eigenvalue weighted by Crippen LogP contribution is -2.36. The number of aromatic nitrogens is 2. The molecule has 0 spiro atoms. The molecule has 0 radical (unpaired) electrons. The third kappa shape index (κ3) is 7.01. The molecule has 0 amide bonds. The summed E-state index contributed by atoms with van der Waals surface area (Å²) in [6.07, 6.45) is 1.73. The van der Waals surface area contributed by atoms with E-state index in [0.717, 1.165) is 22.6 Å². The van der Waals surface area contributed by atoms with Gasteiger partial charge in [-0.3, -0.25) is 4.99 Å². The van der Waals surface area contributed by atoms with Gasteiger partial charge < -0.3 is 19.9 Å². The van der Waals surface area contributed by atoms with Gasteiger partial charge in [0.2, 0.25) is 5.88 Å². The average molecular weight is 521 g/mol. The van der Waals surface area contributed by atoms with Gasteiger partial charge in [0.1, 0.15) is 6.61 Å². The van der Waals surface area contributed by atoms with Crippen molar-refractivity contribution in [1.82, 2.24) is 20.8 Å². The van der Waals surface area contributed by atoms with Crippen LogP contribution in [-0.4, -0.2) is 23.1 Å². The first kappa shape index (κ1) is 23.7. The van der Waals surface area contributed by atoms with Crippen molar-refractivity contribution in [1.29, 1.82) is 0 Å². The van der Waals surface area contributed by atoms with Crippen molar-refractivity contribution in [2.24, 2.45) is 4.99 Å². The first-order valence-corrected chi connectivity index (χ1v) is 9.66. The number of aliphatic imine (C=N–C) groups is 1. The average Bonchev–Trinajstić information content (AvgIpc) is 3.23. The summed E-state index contributed by atoms with van der Waals surface area (Å²) in [6.45, 7) is 5.68. The van der Waals surface area contributed by atoms with E-state index in [1.54, 1.807) is 13.2 Å². The molecule has 0 bridgehead atoms. The molecule has 0 aliphatic heterocycles. The summed E-state index contributed by atoms with van der Waals surface area (Å²) >= 11 is 0. The molecule has 3 aromatic rings. The highest BCUT2D eigenvalue weighted by Crippen LogP contribution is 2.16. The fourth-order valence-electron chi connectivity index (χ4n) is 2.67. The van der Waals surface area contributed by atoms with Crippen molar-refractivity contribution in [3.8, 4) is 5.88 Å². The fraction of sp³-hybridized carbons (Fsp3) is 0.318. The summed E-state index contributed by atoms with van der Waals surface area (Å²) in [4.78, 5) is 8.62. The number of benzene rings is 1. The number of halogens is 1. The molecule has 0 aliphatic carbocycles.